The average molecular weight is 426 g/mol. The van der Waals surface area contributed by atoms with E-state index < -0.39 is 11.9 Å². The van der Waals surface area contributed by atoms with E-state index in [0.29, 0.717) is 16.9 Å². The van der Waals surface area contributed by atoms with Gasteiger partial charge in [-0.25, -0.2) is 13.8 Å². The predicted octanol–water partition coefficient (Wildman–Crippen LogP) is 7.10. The summed E-state index contributed by atoms with van der Waals surface area (Å²) in [6, 6.07) is 15.2. The Hall–Kier alpha value is -3.05. The van der Waals surface area contributed by atoms with Crippen molar-refractivity contribution in [3.63, 3.8) is 0 Å². The van der Waals surface area contributed by atoms with Crippen LogP contribution >= 0.6 is 11.6 Å². The van der Waals surface area contributed by atoms with E-state index in [9.17, 15) is 8.78 Å². The van der Waals surface area contributed by atoms with E-state index in [4.69, 9.17) is 11.6 Å². The normalized spacial score (nSPS) is 11.5. The Morgan fingerprint density at radius 1 is 0.967 bits per heavy atom. The number of hydrogen-bond donors (Lipinski definition) is 1. The number of aromatic nitrogens is 2. The first-order valence-electron chi connectivity index (χ1n) is 9.69. The van der Waals surface area contributed by atoms with E-state index in [1.54, 1.807) is 25.3 Å². The molecule has 1 N–H and O–H groups in total. The first-order valence-corrected chi connectivity index (χ1v) is 10.1. The second-order valence-electron chi connectivity index (χ2n) is 6.52. The van der Waals surface area contributed by atoms with E-state index in [1.165, 1.54) is 18.3 Å². The number of nitrogens with one attached hydrogen (secondary N) is 1. The molecule has 4 aromatic rings. The molecule has 1 unspecified atom stereocenters. The molecule has 3 nitrogen and oxygen atoms in total. The molecule has 1 atom stereocenters. The molecule has 0 aliphatic carbocycles. The number of hydrogen-bond acceptors (Lipinski definition) is 3. The molecule has 0 radical (unpaired) electrons. The summed E-state index contributed by atoms with van der Waals surface area (Å²) in [7, 11) is 0. The summed E-state index contributed by atoms with van der Waals surface area (Å²) in [6.07, 6.45) is 2.90. The summed E-state index contributed by atoms with van der Waals surface area (Å²) in [5, 5.41) is 4.59. The Bertz CT molecular complexity index is 1160. The van der Waals surface area contributed by atoms with Crippen LogP contribution in [0.15, 0.2) is 67.0 Å². The number of nitrogens with zero attached hydrogens (tertiary/aromatic N) is 2. The second kappa shape index (κ2) is 9.63. The van der Waals surface area contributed by atoms with Crippen LogP contribution in [0.25, 0.3) is 10.9 Å². The minimum absolute atomic E-state index is 0.289. The molecule has 2 aromatic carbocycles. The Balaban J connectivity index is 0.00000124. The van der Waals surface area contributed by atoms with Crippen LogP contribution in [0.5, 0.6) is 0 Å². The Labute approximate surface area is 179 Å². The molecule has 0 amide bonds. The van der Waals surface area contributed by atoms with Crippen LogP contribution in [0.2, 0.25) is 5.02 Å². The minimum Gasteiger partial charge on any atom is -0.359 e. The molecule has 2 heterocycles. The number of aryl methyl sites for hydroxylation is 1. The third-order valence-electron chi connectivity index (χ3n) is 4.58. The molecule has 0 aliphatic rings. The van der Waals surface area contributed by atoms with Crippen molar-refractivity contribution >= 4 is 28.3 Å². The molecular weight excluding hydrogens is 404 g/mol. The van der Waals surface area contributed by atoms with Gasteiger partial charge in [0.2, 0.25) is 0 Å². The second-order valence-corrected chi connectivity index (χ2v) is 6.92. The van der Waals surface area contributed by atoms with Crippen molar-refractivity contribution < 1.29 is 8.78 Å². The van der Waals surface area contributed by atoms with E-state index in [0.717, 1.165) is 16.5 Å². The maximum absolute atomic E-state index is 13.6. The molecule has 0 spiro atoms. The number of rotatable bonds is 4. The van der Waals surface area contributed by atoms with Gasteiger partial charge in [0, 0.05) is 16.6 Å². The van der Waals surface area contributed by atoms with Gasteiger partial charge in [-0.05, 0) is 53.9 Å². The molecule has 154 valence electrons. The highest BCUT2D eigenvalue weighted by atomic mass is 35.5. The fourth-order valence-electron chi connectivity index (χ4n) is 3.11. The van der Waals surface area contributed by atoms with Gasteiger partial charge in [-0.2, -0.15) is 0 Å². The quantitative estimate of drug-likeness (QED) is 0.379. The summed E-state index contributed by atoms with van der Waals surface area (Å²) >= 11 is 6.34. The number of pyridine rings is 2. The lowest BCUT2D eigenvalue weighted by atomic mass is 9.97. The van der Waals surface area contributed by atoms with Crippen molar-refractivity contribution in [2.75, 3.05) is 5.32 Å². The van der Waals surface area contributed by atoms with Gasteiger partial charge in [-0.15, -0.1) is 0 Å². The van der Waals surface area contributed by atoms with Crippen molar-refractivity contribution in [1.29, 1.82) is 0 Å². The molecular formula is C24H22ClF2N3. The highest BCUT2D eigenvalue weighted by molar-refractivity contribution is 6.31. The highest BCUT2D eigenvalue weighted by Crippen LogP contribution is 2.33. The molecule has 0 aliphatic heterocycles. The highest BCUT2D eigenvalue weighted by Gasteiger charge is 2.19. The van der Waals surface area contributed by atoms with Crippen LogP contribution in [0, 0.1) is 18.6 Å². The smallest absolute Gasteiger partial charge is 0.144 e. The SMILES string of the molecule is CC.Cc1cc(NC(c2ccc3cccnc3c2)c2ccc(F)cc2Cl)ncc1F. The molecule has 2 aromatic heterocycles. The third-order valence-corrected chi connectivity index (χ3v) is 4.90. The number of benzene rings is 2. The van der Waals surface area contributed by atoms with E-state index in [1.807, 2.05) is 44.2 Å². The van der Waals surface area contributed by atoms with Crippen molar-refractivity contribution in [2.45, 2.75) is 26.8 Å². The first-order chi connectivity index (χ1) is 14.5. The molecule has 30 heavy (non-hydrogen) atoms. The van der Waals surface area contributed by atoms with Crippen molar-refractivity contribution in [2.24, 2.45) is 0 Å². The average Bonchev–Trinajstić information content (AvgIpc) is 2.76. The largest absolute Gasteiger partial charge is 0.359 e. The summed E-state index contributed by atoms with van der Waals surface area (Å²) in [5.41, 5.74) is 2.86. The molecule has 4 rings (SSSR count). The van der Waals surface area contributed by atoms with Gasteiger partial charge in [0.1, 0.15) is 17.5 Å². The van der Waals surface area contributed by atoms with Gasteiger partial charge in [0.25, 0.3) is 0 Å². The number of halogens is 3. The summed E-state index contributed by atoms with van der Waals surface area (Å²) in [5.74, 6) is -0.300. The molecule has 6 heteroatoms. The lowest BCUT2D eigenvalue weighted by Crippen LogP contribution is -2.14. The zero-order valence-corrected chi connectivity index (χ0v) is 17.7. The third kappa shape index (κ3) is 4.74. The maximum Gasteiger partial charge on any atom is 0.144 e. The van der Waals surface area contributed by atoms with Crippen LogP contribution in [0.4, 0.5) is 14.6 Å². The lowest BCUT2D eigenvalue weighted by Gasteiger charge is -2.22. The van der Waals surface area contributed by atoms with Gasteiger partial charge in [-0.3, -0.25) is 4.98 Å². The van der Waals surface area contributed by atoms with Crippen molar-refractivity contribution in [1.82, 2.24) is 9.97 Å². The van der Waals surface area contributed by atoms with Crippen LogP contribution < -0.4 is 5.32 Å². The van der Waals surface area contributed by atoms with E-state index >= 15 is 0 Å². The fraction of sp³-hybridized carbons (Fsp3) is 0.167. The number of anilines is 1. The van der Waals surface area contributed by atoms with Crippen LogP contribution in [0.1, 0.15) is 36.6 Å². The molecule has 0 saturated heterocycles. The Morgan fingerprint density at radius 3 is 2.50 bits per heavy atom. The molecule has 0 saturated carbocycles. The topological polar surface area (TPSA) is 37.8 Å². The zero-order chi connectivity index (χ0) is 21.7. The monoisotopic (exact) mass is 425 g/mol. The van der Waals surface area contributed by atoms with Crippen molar-refractivity contribution in [3.05, 3.63) is 100 Å². The standard InChI is InChI=1S/C22H16ClF2N3.C2H6/c1-13-9-21(27-12-19(13)25)28-22(17-7-6-16(24)11-18(17)23)15-5-4-14-3-2-8-26-20(14)10-15;1-2/h2-12,22H,1H3,(H,27,28);1-2H3. The fourth-order valence-corrected chi connectivity index (χ4v) is 3.38. The van der Waals surface area contributed by atoms with Gasteiger partial charge in [-0.1, -0.05) is 49.7 Å². The minimum atomic E-state index is -0.420. The Morgan fingerprint density at radius 2 is 1.77 bits per heavy atom. The van der Waals surface area contributed by atoms with Gasteiger partial charge < -0.3 is 5.32 Å². The van der Waals surface area contributed by atoms with Gasteiger partial charge >= 0.3 is 0 Å². The van der Waals surface area contributed by atoms with Gasteiger partial charge in [0.05, 0.1) is 17.8 Å². The van der Waals surface area contributed by atoms with Crippen LogP contribution in [0.3, 0.4) is 0 Å². The van der Waals surface area contributed by atoms with E-state index in [2.05, 4.69) is 15.3 Å². The molecule has 0 fully saturated rings. The molecule has 0 bridgehead atoms. The summed E-state index contributed by atoms with van der Waals surface area (Å²) < 4.78 is 27.2. The zero-order valence-electron chi connectivity index (χ0n) is 17.0. The summed E-state index contributed by atoms with van der Waals surface area (Å²) in [4.78, 5) is 8.52. The van der Waals surface area contributed by atoms with Crippen LogP contribution in [-0.2, 0) is 0 Å². The lowest BCUT2D eigenvalue weighted by molar-refractivity contribution is 0.612. The van der Waals surface area contributed by atoms with Gasteiger partial charge in [0.15, 0.2) is 0 Å². The van der Waals surface area contributed by atoms with Crippen molar-refractivity contribution in [3.8, 4) is 0 Å². The number of fused-ring (bicyclic) bond motifs is 1. The van der Waals surface area contributed by atoms with E-state index in [-0.39, 0.29) is 10.8 Å². The Kier molecular flexibility index (Phi) is 6.95. The maximum atomic E-state index is 13.6. The van der Waals surface area contributed by atoms with Crippen LogP contribution in [-0.4, -0.2) is 9.97 Å². The first kappa shape index (κ1) is 21.7. The predicted molar refractivity (Wildman–Crippen MR) is 119 cm³/mol. The summed E-state index contributed by atoms with van der Waals surface area (Å²) in [6.45, 7) is 5.67.